The number of nitrogens with zero attached hydrogens (tertiary/aromatic N) is 2. The Morgan fingerprint density at radius 3 is 2.19 bits per heavy atom. The fraction of sp³-hybridized carbons (Fsp3) is 0.350. The summed E-state index contributed by atoms with van der Waals surface area (Å²) in [6.45, 7) is -1.06. The van der Waals surface area contributed by atoms with Crippen LogP contribution in [0.25, 0.3) is 0 Å². The number of hydrogen-bond acceptors (Lipinski definition) is 10. The second-order valence-corrected chi connectivity index (χ2v) is 7.59. The smallest absolute Gasteiger partial charge is 0.310 e. The number of nitro groups is 1. The summed E-state index contributed by atoms with van der Waals surface area (Å²) in [6.07, 6.45) is 0.563. The molecule has 160 valence electrons. The molecule has 1 saturated carbocycles. The van der Waals surface area contributed by atoms with Crippen LogP contribution in [-0.2, 0) is 14.2 Å². The number of hydrogen-bond donors (Lipinski definition) is 2. The lowest BCUT2D eigenvalue weighted by Gasteiger charge is -2.58. The molecule has 0 aromatic heterocycles. The minimum atomic E-state index is -1.21. The van der Waals surface area contributed by atoms with Crippen molar-refractivity contribution in [3.8, 4) is 29.1 Å². The molecule has 4 atom stereocenters. The largest absolute Gasteiger partial charge is 0.506 e. The number of benzene rings is 2. The number of phenols is 2. The normalized spacial score (nSPS) is 30.5. The van der Waals surface area contributed by atoms with Crippen LogP contribution < -0.4 is 9.47 Å². The van der Waals surface area contributed by atoms with E-state index in [0.717, 1.165) is 12.1 Å². The van der Waals surface area contributed by atoms with Crippen molar-refractivity contribution in [2.24, 2.45) is 0 Å². The van der Waals surface area contributed by atoms with E-state index in [2.05, 4.69) is 0 Å². The van der Waals surface area contributed by atoms with Gasteiger partial charge in [-0.2, -0.15) is 5.26 Å². The number of rotatable bonds is 5. The summed E-state index contributed by atoms with van der Waals surface area (Å²) in [7, 11) is 0. The van der Waals surface area contributed by atoms with E-state index in [1.807, 2.05) is 6.07 Å². The van der Waals surface area contributed by atoms with E-state index < -0.39 is 34.4 Å². The highest BCUT2D eigenvalue weighted by molar-refractivity contribution is 5.49. The van der Waals surface area contributed by atoms with E-state index in [1.165, 1.54) is 18.2 Å². The minimum Gasteiger partial charge on any atom is -0.506 e. The molecule has 3 aliphatic heterocycles. The van der Waals surface area contributed by atoms with Gasteiger partial charge in [-0.1, -0.05) is 0 Å². The van der Waals surface area contributed by atoms with Gasteiger partial charge in [0.1, 0.15) is 23.3 Å². The van der Waals surface area contributed by atoms with E-state index in [9.17, 15) is 20.3 Å². The second-order valence-electron chi connectivity index (χ2n) is 7.59. The number of nitriles is 1. The van der Waals surface area contributed by atoms with Crippen LogP contribution in [0.5, 0.6) is 23.0 Å². The van der Waals surface area contributed by atoms with Gasteiger partial charge in [-0.3, -0.25) is 19.6 Å². The molecule has 11 heteroatoms. The third-order valence-corrected chi connectivity index (χ3v) is 5.38. The molecule has 6 rings (SSSR count). The maximum atomic E-state index is 10.9. The summed E-state index contributed by atoms with van der Waals surface area (Å²) in [5, 5.41) is 39.7. The molecule has 0 unspecified atom stereocenters. The topological polar surface area (TPSA) is 154 Å². The third kappa shape index (κ3) is 3.36. The summed E-state index contributed by atoms with van der Waals surface area (Å²) in [5.41, 5.74) is -0.325. The van der Waals surface area contributed by atoms with Gasteiger partial charge in [0, 0.05) is 31.0 Å². The van der Waals surface area contributed by atoms with Crippen LogP contribution in [0.3, 0.4) is 0 Å². The molecule has 2 aromatic rings. The Bertz CT molecular complexity index is 1100. The highest BCUT2D eigenvalue weighted by atomic mass is 16.9. The molecular weight excluding hydrogens is 412 g/mol. The van der Waals surface area contributed by atoms with Gasteiger partial charge in [-0.15, -0.1) is 0 Å². The van der Waals surface area contributed by atoms with Gasteiger partial charge in [0.2, 0.25) is 11.6 Å². The van der Waals surface area contributed by atoms with Crippen LogP contribution in [0.1, 0.15) is 24.8 Å². The first-order chi connectivity index (χ1) is 14.8. The molecule has 2 N–H and O–H groups in total. The summed E-state index contributed by atoms with van der Waals surface area (Å²) in [5.74, 6) is -2.66. The van der Waals surface area contributed by atoms with Gasteiger partial charge in [0.05, 0.1) is 23.0 Å². The Morgan fingerprint density at radius 1 is 1.06 bits per heavy atom. The van der Waals surface area contributed by atoms with E-state index in [-0.39, 0.29) is 29.6 Å². The van der Waals surface area contributed by atoms with Crippen LogP contribution >= 0.6 is 0 Å². The molecule has 4 bridgehead atoms. The highest BCUT2D eigenvalue weighted by Crippen LogP contribution is 2.52. The SMILES string of the molecule is N#Cc1ccc(O[C@]23C[C@H]4C[C@@](Oc5ccc([N+](=O)[O-])c(O)c5)(C2)O[C@H](O4)O3)cc1O. The molecule has 0 spiro atoms. The third-order valence-electron chi connectivity index (χ3n) is 5.38. The van der Waals surface area contributed by atoms with Crippen molar-refractivity contribution >= 4 is 5.69 Å². The molecule has 0 radical (unpaired) electrons. The van der Waals surface area contributed by atoms with Crippen molar-refractivity contribution in [1.29, 1.82) is 5.26 Å². The Labute approximate surface area is 175 Å². The van der Waals surface area contributed by atoms with Gasteiger partial charge < -0.3 is 24.4 Å². The zero-order chi connectivity index (χ0) is 21.8. The molecule has 4 aliphatic rings. The van der Waals surface area contributed by atoms with E-state index in [1.54, 1.807) is 6.07 Å². The lowest BCUT2D eigenvalue weighted by Crippen LogP contribution is -2.70. The van der Waals surface area contributed by atoms with E-state index in [0.29, 0.717) is 18.6 Å². The van der Waals surface area contributed by atoms with Crippen molar-refractivity contribution < 1.29 is 38.8 Å². The lowest BCUT2D eigenvalue weighted by atomic mass is 9.84. The Kier molecular flexibility index (Phi) is 4.19. The molecule has 2 aromatic carbocycles. The lowest BCUT2D eigenvalue weighted by molar-refractivity contribution is -0.528. The van der Waals surface area contributed by atoms with Gasteiger partial charge >= 0.3 is 5.69 Å². The Morgan fingerprint density at radius 2 is 1.68 bits per heavy atom. The van der Waals surface area contributed by atoms with Crippen molar-refractivity contribution in [2.45, 2.75) is 43.4 Å². The zero-order valence-electron chi connectivity index (χ0n) is 15.9. The molecule has 3 saturated heterocycles. The number of ether oxygens (including phenoxy) is 5. The first-order valence-corrected chi connectivity index (χ1v) is 9.38. The molecule has 0 amide bonds. The zero-order valence-corrected chi connectivity index (χ0v) is 15.9. The average Bonchev–Trinajstić information content (AvgIpc) is 2.66. The Balaban J connectivity index is 1.41. The summed E-state index contributed by atoms with van der Waals surface area (Å²) < 4.78 is 29.3. The van der Waals surface area contributed by atoms with Gasteiger partial charge in [0.25, 0.3) is 6.48 Å². The second kappa shape index (κ2) is 6.71. The minimum absolute atomic E-state index is 0.114. The first-order valence-electron chi connectivity index (χ1n) is 9.38. The maximum absolute atomic E-state index is 10.9. The van der Waals surface area contributed by atoms with Gasteiger partial charge in [0.15, 0.2) is 5.75 Å². The fourth-order valence-electron chi connectivity index (χ4n) is 4.21. The van der Waals surface area contributed by atoms with Crippen molar-refractivity contribution in [3.63, 3.8) is 0 Å². The number of aromatic hydroxyl groups is 2. The predicted octanol–water partition coefficient (Wildman–Crippen LogP) is 2.64. The monoisotopic (exact) mass is 428 g/mol. The predicted molar refractivity (Wildman–Crippen MR) is 99.0 cm³/mol. The standard InChI is InChI=1S/C20H16N2O9/c21-9-11-1-2-12(5-16(11)23)28-19-7-14-8-20(10-19,31-18(27-14)30-19)29-13-3-4-15(22(25)26)17(24)6-13/h1-6,14,18,23-24H,7-8,10H2/t14-,18+,19-,20-/m0/s1. The molecular formula is C20H16N2O9. The highest BCUT2D eigenvalue weighted by Gasteiger charge is 2.64. The Hall–Kier alpha value is -3.59. The quantitative estimate of drug-likeness (QED) is 0.536. The van der Waals surface area contributed by atoms with Crippen LogP contribution in [0.2, 0.25) is 0 Å². The molecule has 4 fully saturated rings. The maximum Gasteiger partial charge on any atom is 0.310 e. The van der Waals surface area contributed by atoms with Crippen LogP contribution in [-0.4, -0.2) is 39.3 Å². The first kappa shape index (κ1) is 19.4. The number of phenolic OH excluding ortho intramolecular Hbond substituents is 2. The van der Waals surface area contributed by atoms with Crippen LogP contribution in [0.15, 0.2) is 36.4 Å². The van der Waals surface area contributed by atoms with Crippen molar-refractivity contribution in [3.05, 3.63) is 52.1 Å². The molecule has 11 nitrogen and oxygen atoms in total. The average molecular weight is 428 g/mol. The van der Waals surface area contributed by atoms with Gasteiger partial charge in [-0.25, -0.2) is 0 Å². The summed E-state index contributed by atoms with van der Waals surface area (Å²) in [6, 6.07) is 9.83. The molecule has 31 heavy (non-hydrogen) atoms. The van der Waals surface area contributed by atoms with E-state index in [4.69, 9.17) is 28.9 Å². The van der Waals surface area contributed by atoms with Gasteiger partial charge in [-0.05, 0) is 18.2 Å². The molecule has 3 heterocycles. The fourth-order valence-corrected chi connectivity index (χ4v) is 4.21. The number of nitro benzene ring substituents is 1. The summed E-state index contributed by atoms with van der Waals surface area (Å²) >= 11 is 0. The van der Waals surface area contributed by atoms with Crippen LogP contribution in [0.4, 0.5) is 5.69 Å². The molecule has 1 aliphatic carbocycles. The van der Waals surface area contributed by atoms with E-state index >= 15 is 0 Å². The van der Waals surface area contributed by atoms with Crippen molar-refractivity contribution in [1.82, 2.24) is 0 Å². The summed E-state index contributed by atoms with van der Waals surface area (Å²) in [4.78, 5) is 10.2. The van der Waals surface area contributed by atoms with Crippen molar-refractivity contribution in [2.75, 3.05) is 0 Å². The van der Waals surface area contributed by atoms with Crippen LogP contribution in [0, 0.1) is 21.4 Å².